The molecule has 0 spiro atoms. The van der Waals surface area contributed by atoms with Gasteiger partial charge in [0.2, 0.25) is 0 Å². The Morgan fingerprint density at radius 2 is 1.85 bits per heavy atom. The van der Waals surface area contributed by atoms with Crippen LogP contribution in [-0.2, 0) is 0 Å². The maximum absolute atomic E-state index is 12.0. The second-order valence-corrected chi connectivity index (χ2v) is 6.18. The SMILES string of the molecule is CCOc1cc(OCC)c(C=NNC(=O)Nc2ccccc2C)cc1Br. The molecule has 0 bridgehead atoms. The van der Waals surface area contributed by atoms with Gasteiger partial charge in [-0.2, -0.15) is 5.10 Å². The molecular weight excluding hydrogens is 398 g/mol. The summed E-state index contributed by atoms with van der Waals surface area (Å²) in [5.41, 5.74) is 4.88. The molecule has 2 aromatic carbocycles. The number of ether oxygens (including phenoxy) is 2. The van der Waals surface area contributed by atoms with Gasteiger partial charge < -0.3 is 14.8 Å². The highest BCUT2D eigenvalue weighted by Gasteiger charge is 2.09. The minimum atomic E-state index is -0.418. The zero-order chi connectivity index (χ0) is 18.9. The van der Waals surface area contributed by atoms with Gasteiger partial charge in [-0.25, -0.2) is 10.2 Å². The number of nitrogens with zero attached hydrogens (tertiary/aromatic N) is 1. The molecule has 6 nitrogen and oxygen atoms in total. The van der Waals surface area contributed by atoms with E-state index in [-0.39, 0.29) is 0 Å². The highest BCUT2D eigenvalue weighted by atomic mass is 79.9. The molecule has 0 aliphatic heterocycles. The summed E-state index contributed by atoms with van der Waals surface area (Å²) in [7, 11) is 0. The number of amides is 2. The van der Waals surface area contributed by atoms with E-state index in [1.807, 2.05) is 51.1 Å². The largest absolute Gasteiger partial charge is 0.493 e. The van der Waals surface area contributed by atoms with E-state index in [0.717, 1.165) is 21.3 Å². The molecule has 2 N–H and O–H groups in total. The number of rotatable bonds is 7. The Kier molecular flexibility index (Phi) is 7.47. The van der Waals surface area contributed by atoms with E-state index in [2.05, 4.69) is 31.8 Å². The van der Waals surface area contributed by atoms with Crippen molar-refractivity contribution in [1.82, 2.24) is 5.43 Å². The Morgan fingerprint density at radius 3 is 2.54 bits per heavy atom. The van der Waals surface area contributed by atoms with Crippen molar-refractivity contribution in [2.75, 3.05) is 18.5 Å². The Labute approximate surface area is 161 Å². The van der Waals surface area contributed by atoms with Crippen LogP contribution in [0.2, 0.25) is 0 Å². The molecule has 0 unspecified atom stereocenters. The fraction of sp³-hybridized carbons (Fsp3) is 0.263. The maximum atomic E-state index is 12.0. The number of halogens is 1. The van der Waals surface area contributed by atoms with Crippen molar-refractivity contribution < 1.29 is 14.3 Å². The Hall–Kier alpha value is -2.54. The van der Waals surface area contributed by atoms with Crippen LogP contribution in [0.5, 0.6) is 11.5 Å². The van der Waals surface area contributed by atoms with Crippen molar-refractivity contribution in [3.63, 3.8) is 0 Å². The van der Waals surface area contributed by atoms with Gasteiger partial charge in [0.15, 0.2) is 0 Å². The van der Waals surface area contributed by atoms with Crippen LogP contribution in [0.3, 0.4) is 0 Å². The maximum Gasteiger partial charge on any atom is 0.339 e. The Balaban J connectivity index is 2.08. The predicted octanol–water partition coefficient (Wildman–Crippen LogP) is 4.71. The highest BCUT2D eigenvalue weighted by Crippen LogP contribution is 2.32. The second-order valence-electron chi connectivity index (χ2n) is 5.33. The van der Waals surface area contributed by atoms with Crippen LogP contribution in [0, 0.1) is 6.92 Å². The molecule has 0 aliphatic rings. The predicted molar refractivity (Wildman–Crippen MR) is 107 cm³/mol. The van der Waals surface area contributed by atoms with Crippen molar-refractivity contribution in [1.29, 1.82) is 0 Å². The summed E-state index contributed by atoms with van der Waals surface area (Å²) in [6, 6.07) is 10.7. The number of anilines is 1. The molecule has 0 fully saturated rings. The van der Waals surface area contributed by atoms with Crippen molar-refractivity contribution >= 4 is 33.9 Å². The zero-order valence-electron chi connectivity index (χ0n) is 15.0. The van der Waals surface area contributed by atoms with E-state index in [4.69, 9.17) is 9.47 Å². The van der Waals surface area contributed by atoms with Crippen molar-refractivity contribution in [2.24, 2.45) is 5.10 Å². The summed E-state index contributed by atoms with van der Waals surface area (Å²) in [5, 5.41) is 6.75. The number of hydrogen-bond acceptors (Lipinski definition) is 4. The standard InChI is InChI=1S/C19H22BrN3O3/c1-4-25-17-11-18(26-5-2)15(20)10-14(17)12-21-23-19(24)22-16-9-7-6-8-13(16)3/h6-12H,4-5H2,1-3H3,(H2,22,23,24). The number of para-hydroxylation sites is 1. The van der Waals surface area contributed by atoms with Crippen LogP contribution < -0.4 is 20.2 Å². The lowest BCUT2D eigenvalue weighted by molar-refractivity contribution is 0.252. The lowest BCUT2D eigenvalue weighted by atomic mass is 10.2. The lowest BCUT2D eigenvalue weighted by Gasteiger charge is -2.12. The first kappa shape index (κ1) is 19.8. The monoisotopic (exact) mass is 419 g/mol. The summed E-state index contributed by atoms with van der Waals surface area (Å²) >= 11 is 3.46. The first-order chi connectivity index (χ1) is 12.5. The van der Waals surface area contributed by atoms with Crippen molar-refractivity contribution in [2.45, 2.75) is 20.8 Å². The molecule has 2 rings (SSSR count). The van der Waals surface area contributed by atoms with E-state index in [0.29, 0.717) is 24.7 Å². The minimum absolute atomic E-state index is 0.418. The van der Waals surface area contributed by atoms with E-state index in [1.54, 1.807) is 6.07 Å². The molecular formula is C19H22BrN3O3. The molecule has 2 aromatic rings. The average Bonchev–Trinajstić information content (AvgIpc) is 2.61. The molecule has 0 aromatic heterocycles. The fourth-order valence-electron chi connectivity index (χ4n) is 2.22. The average molecular weight is 420 g/mol. The molecule has 138 valence electrons. The third-order valence-electron chi connectivity index (χ3n) is 3.43. The quantitative estimate of drug-likeness (QED) is 0.504. The molecule has 0 saturated carbocycles. The van der Waals surface area contributed by atoms with Crippen LogP contribution in [0.15, 0.2) is 46.0 Å². The van der Waals surface area contributed by atoms with Gasteiger partial charge in [0, 0.05) is 17.3 Å². The van der Waals surface area contributed by atoms with Gasteiger partial charge in [-0.05, 0) is 54.4 Å². The molecule has 7 heteroatoms. The van der Waals surface area contributed by atoms with Gasteiger partial charge in [-0.3, -0.25) is 0 Å². The van der Waals surface area contributed by atoms with Crippen molar-refractivity contribution in [3.8, 4) is 11.5 Å². The van der Waals surface area contributed by atoms with Gasteiger partial charge >= 0.3 is 6.03 Å². The van der Waals surface area contributed by atoms with Crippen LogP contribution >= 0.6 is 15.9 Å². The zero-order valence-corrected chi connectivity index (χ0v) is 16.6. The number of aryl methyl sites for hydroxylation is 1. The van der Waals surface area contributed by atoms with E-state index < -0.39 is 6.03 Å². The molecule has 0 radical (unpaired) electrons. The highest BCUT2D eigenvalue weighted by molar-refractivity contribution is 9.10. The van der Waals surface area contributed by atoms with Crippen LogP contribution in [0.1, 0.15) is 25.0 Å². The first-order valence-corrected chi connectivity index (χ1v) is 9.09. The fourth-order valence-corrected chi connectivity index (χ4v) is 2.70. The minimum Gasteiger partial charge on any atom is -0.493 e. The number of urea groups is 1. The molecule has 0 heterocycles. The number of hydrazone groups is 1. The van der Waals surface area contributed by atoms with E-state index in [9.17, 15) is 4.79 Å². The van der Waals surface area contributed by atoms with Crippen LogP contribution in [-0.4, -0.2) is 25.5 Å². The number of hydrogen-bond donors (Lipinski definition) is 2. The normalized spacial score (nSPS) is 10.6. The summed E-state index contributed by atoms with van der Waals surface area (Å²) in [6.45, 7) is 6.80. The van der Waals surface area contributed by atoms with Gasteiger partial charge in [0.1, 0.15) is 11.5 Å². The summed E-state index contributed by atoms with van der Waals surface area (Å²) in [6.07, 6.45) is 1.53. The lowest BCUT2D eigenvalue weighted by Crippen LogP contribution is -2.24. The molecule has 2 amide bonds. The number of carbonyl (C=O) groups excluding carboxylic acids is 1. The van der Waals surface area contributed by atoms with Gasteiger partial charge in [0.05, 0.1) is 23.9 Å². The third kappa shape index (κ3) is 5.49. The molecule has 0 aliphatic carbocycles. The first-order valence-electron chi connectivity index (χ1n) is 8.30. The van der Waals surface area contributed by atoms with Crippen molar-refractivity contribution in [3.05, 3.63) is 52.0 Å². The number of carbonyl (C=O) groups is 1. The Morgan fingerprint density at radius 1 is 1.15 bits per heavy atom. The summed E-state index contributed by atoms with van der Waals surface area (Å²) in [4.78, 5) is 12.0. The van der Waals surface area contributed by atoms with Gasteiger partial charge in [-0.1, -0.05) is 18.2 Å². The number of benzene rings is 2. The molecule has 26 heavy (non-hydrogen) atoms. The van der Waals surface area contributed by atoms with Gasteiger partial charge in [-0.15, -0.1) is 0 Å². The van der Waals surface area contributed by atoms with E-state index >= 15 is 0 Å². The van der Waals surface area contributed by atoms with E-state index in [1.165, 1.54) is 6.21 Å². The topological polar surface area (TPSA) is 72.0 Å². The smallest absolute Gasteiger partial charge is 0.339 e. The Bertz CT molecular complexity index is 794. The van der Waals surface area contributed by atoms with Crippen LogP contribution in [0.4, 0.5) is 10.5 Å². The van der Waals surface area contributed by atoms with Gasteiger partial charge in [0.25, 0.3) is 0 Å². The molecule has 0 atom stereocenters. The van der Waals surface area contributed by atoms with Crippen LogP contribution in [0.25, 0.3) is 0 Å². The molecule has 0 saturated heterocycles. The third-order valence-corrected chi connectivity index (χ3v) is 4.05. The second kappa shape index (κ2) is 9.82. The summed E-state index contributed by atoms with van der Waals surface area (Å²) in [5.74, 6) is 1.32. The summed E-state index contributed by atoms with van der Waals surface area (Å²) < 4.78 is 12.0. The number of nitrogens with one attached hydrogen (secondary N) is 2.